The number of ether oxygens (including phenoxy) is 1. The van der Waals surface area contributed by atoms with Gasteiger partial charge in [0.2, 0.25) is 5.88 Å². The van der Waals surface area contributed by atoms with Crippen LogP contribution in [0, 0.1) is 5.92 Å². The van der Waals surface area contributed by atoms with Crippen molar-refractivity contribution in [3.63, 3.8) is 0 Å². The molecule has 1 aromatic heterocycles. The topological polar surface area (TPSA) is 92.7 Å². The first kappa shape index (κ1) is 20.5. The van der Waals surface area contributed by atoms with Crippen LogP contribution in [0.1, 0.15) is 38.7 Å². The molecule has 1 fully saturated rings. The Kier molecular flexibility index (Phi) is 7.68. The number of nitrogens with one attached hydrogen (secondary N) is 2. The van der Waals surface area contributed by atoms with E-state index in [1.165, 1.54) is 19.1 Å². The fourth-order valence-electron chi connectivity index (χ4n) is 2.26. The number of nitrogens with zero attached hydrogens (tertiary/aromatic N) is 2. The van der Waals surface area contributed by atoms with Gasteiger partial charge in [0, 0.05) is 31.1 Å². The third-order valence-electron chi connectivity index (χ3n) is 4.03. The Balaban J connectivity index is 1.84. The summed E-state index contributed by atoms with van der Waals surface area (Å²) in [6.07, 6.45) is 6.09. The zero-order valence-electron chi connectivity index (χ0n) is 15.9. The van der Waals surface area contributed by atoms with Gasteiger partial charge in [-0.15, -0.1) is 0 Å². The second kappa shape index (κ2) is 9.75. The summed E-state index contributed by atoms with van der Waals surface area (Å²) in [5.41, 5.74) is 0.991. The summed E-state index contributed by atoms with van der Waals surface area (Å²) >= 11 is 0. The molecule has 0 aromatic carbocycles. The van der Waals surface area contributed by atoms with Gasteiger partial charge in [0.25, 0.3) is 0 Å². The molecular formula is C18H30N4O3S. The van der Waals surface area contributed by atoms with Crippen molar-refractivity contribution < 1.29 is 13.2 Å². The number of hydrogen-bond acceptors (Lipinski definition) is 5. The Labute approximate surface area is 156 Å². The van der Waals surface area contributed by atoms with Gasteiger partial charge in [0.05, 0.1) is 18.9 Å². The van der Waals surface area contributed by atoms with Crippen molar-refractivity contribution in [3.8, 4) is 5.88 Å². The fraction of sp³-hybridized carbons (Fsp3) is 0.667. The van der Waals surface area contributed by atoms with Crippen LogP contribution in [0.15, 0.2) is 23.3 Å². The molecule has 26 heavy (non-hydrogen) atoms. The third kappa shape index (κ3) is 8.51. The van der Waals surface area contributed by atoms with Crippen LogP contribution in [-0.2, 0) is 16.4 Å². The summed E-state index contributed by atoms with van der Waals surface area (Å²) in [6.45, 7) is 5.92. The van der Waals surface area contributed by atoms with Gasteiger partial charge in [-0.2, -0.15) is 0 Å². The lowest BCUT2D eigenvalue weighted by Gasteiger charge is -2.17. The van der Waals surface area contributed by atoms with Crippen LogP contribution in [0.3, 0.4) is 0 Å². The third-order valence-corrected chi connectivity index (χ3v) is 5.01. The lowest BCUT2D eigenvalue weighted by molar-refractivity contribution is 0.288. The highest BCUT2D eigenvalue weighted by atomic mass is 32.2. The maximum Gasteiger partial charge on any atom is 0.213 e. The number of aliphatic imine (C=N–C) groups is 1. The van der Waals surface area contributed by atoms with Gasteiger partial charge < -0.3 is 15.4 Å². The van der Waals surface area contributed by atoms with Crippen LogP contribution < -0.4 is 15.4 Å². The summed E-state index contributed by atoms with van der Waals surface area (Å²) in [6, 6.07) is 3.86. The minimum Gasteiger partial charge on any atom is -0.477 e. The van der Waals surface area contributed by atoms with E-state index in [1.807, 2.05) is 26.0 Å². The molecule has 0 aliphatic heterocycles. The first-order valence-corrected chi connectivity index (χ1v) is 11.2. The maximum absolute atomic E-state index is 11.3. The van der Waals surface area contributed by atoms with E-state index in [0.717, 1.165) is 18.7 Å². The van der Waals surface area contributed by atoms with Gasteiger partial charge in [-0.3, -0.25) is 0 Å². The Bertz CT molecular complexity index is 685. The van der Waals surface area contributed by atoms with Gasteiger partial charge in [0.15, 0.2) is 5.96 Å². The maximum atomic E-state index is 11.3. The Morgan fingerprint density at radius 1 is 1.42 bits per heavy atom. The minimum absolute atomic E-state index is 0.0128. The molecule has 1 atom stereocenters. The van der Waals surface area contributed by atoms with Crippen molar-refractivity contribution in [3.05, 3.63) is 23.9 Å². The highest BCUT2D eigenvalue weighted by Gasteiger charge is 2.22. The Morgan fingerprint density at radius 3 is 2.77 bits per heavy atom. The quantitative estimate of drug-likeness (QED) is 0.473. The van der Waals surface area contributed by atoms with Gasteiger partial charge in [-0.25, -0.2) is 18.4 Å². The molecule has 1 heterocycles. The Hall–Kier alpha value is -1.83. The monoisotopic (exact) mass is 382 g/mol. The minimum atomic E-state index is -2.95. The average molecular weight is 383 g/mol. The van der Waals surface area contributed by atoms with Gasteiger partial charge in [-0.05, 0) is 44.6 Å². The normalized spacial score (nSPS) is 16.2. The lowest BCUT2D eigenvalue weighted by Crippen LogP contribution is -2.42. The standard InChI is InChI=1S/C18H30N4O3S/c1-4-19-18(22-14(2)9-10-26(3,23)24)21-12-16-7-8-17(20-11-16)25-13-15-5-6-15/h7-8,11,14-15H,4-6,9-10,12-13H2,1-3H3,(H2,19,21,22). The number of guanidine groups is 1. The van der Waals surface area contributed by atoms with Crippen LogP contribution in [0.2, 0.25) is 0 Å². The summed E-state index contributed by atoms with van der Waals surface area (Å²) in [7, 11) is -2.95. The van der Waals surface area contributed by atoms with E-state index in [2.05, 4.69) is 20.6 Å². The number of aromatic nitrogens is 1. The van der Waals surface area contributed by atoms with E-state index in [-0.39, 0.29) is 11.8 Å². The van der Waals surface area contributed by atoms with Crippen molar-refractivity contribution in [2.75, 3.05) is 25.2 Å². The molecule has 1 unspecified atom stereocenters. The van der Waals surface area contributed by atoms with E-state index in [9.17, 15) is 8.42 Å². The highest BCUT2D eigenvalue weighted by Crippen LogP contribution is 2.29. The summed E-state index contributed by atoms with van der Waals surface area (Å²) in [4.78, 5) is 8.87. The van der Waals surface area contributed by atoms with Gasteiger partial charge in [0.1, 0.15) is 9.84 Å². The smallest absolute Gasteiger partial charge is 0.213 e. The molecule has 1 saturated carbocycles. The molecule has 8 heteroatoms. The zero-order chi connectivity index (χ0) is 19.0. The van der Waals surface area contributed by atoms with Gasteiger partial charge >= 0.3 is 0 Å². The van der Waals surface area contributed by atoms with Crippen molar-refractivity contribution in [2.45, 2.75) is 45.7 Å². The average Bonchev–Trinajstić information content (AvgIpc) is 3.41. The molecule has 1 aromatic rings. The zero-order valence-corrected chi connectivity index (χ0v) is 16.7. The van der Waals surface area contributed by atoms with E-state index in [1.54, 1.807) is 6.20 Å². The van der Waals surface area contributed by atoms with Crippen LogP contribution in [0.25, 0.3) is 0 Å². The van der Waals surface area contributed by atoms with Crippen LogP contribution in [0.4, 0.5) is 0 Å². The lowest BCUT2D eigenvalue weighted by atomic mass is 10.2. The van der Waals surface area contributed by atoms with Crippen molar-refractivity contribution >= 4 is 15.8 Å². The molecule has 0 amide bonds. The molecule has 2 rings (SSSR count). The molecular weight excluding hydrogens is 352 g/mol. The van der Waals surface area contributed by atoms with E-state index in [0.29, 0.717) is 30.7 Å². The van der Waals surface area contributed by atoms with Crippen molar-refractivity contribution in [1.82, 2.24) is 15.6 Å². The van der Waals surface area contributed by atoms with Gasteiger partial charge in [-0.1, -0.05) is 6.07 Å². The highest BCUT2D eigenvalue weighted by molar-refractivity contribution is 7.90. The molecule has 0 radical (unpaired) electrons. The predicted molar refractivity (Wildman–Crippen MR) is 104 cm³/mol. The summed E-state index contributed by atoms with van der Waals surface area (Å²) < 4.78 is 28.2. The molecule has 0 spiro atoms. The fourth-order valence-corrected chi connectivity index (χ4v) is 3.05. The number of hydrogen-bond donors (Lipinski definition) is 2. The van der Waals surface area contributed by atoms with E-state index in [4.69, 9.17) is 4.74 Å². The predicted octanol–water partition coefficient (Wildman–Crippen LogP) is 1.75. The molecule has 0 saturated heterocycles. The number of rotatable bonds is 10. The van der Waals surface area contributed by atoms with Crippen LogP contribution in [-0.4, -0.2) is 50.6 Å². The first-order valence-electron chi connectivity index (χ1n) is 9.16. The van der Waals surface area contributed by atoms with E-state index < -0.39 is 9.84 Å². The SMILES string of the molecule is CCNC(=NCc1ccc(OCC2CC2)nc1)NC(C)CCS(C)(=O)=O. The van der Waals surface area contributed by atoms with Crippen LogP contribution in [0.5, 0.6) is 5.88 Å². The summed E-state index contributed by atoms with van der Waals surface area (Å²) in [5.74, 6) is 2.19. The number of pyridine rings is 1. The molecule has 1 aliphatic rings. The van der Waals surface area contributed by atoms with Crippen molar-refractivity contribution in [1.29, 1.82) is 0 Å². The second-order valence-electron chi connectivity index (χ2n) is 6.92. The number of sulfone groups is 1. The molecule has 0 bridgehead atoms. The van der Waals surface area contributed by atoms with Crippen LogP contribution >= 0.6 is 0 Å². The first-order chi connectivity index (χ1) is 12.4. The van der Waals surface area contributed by atoms with E-state index >= 15 is 0 Å². The second-order valence-corrected chi connectivity index (χ2v) is 9.18. The molecule has 1 aliphatic carbocycles. The Morgan fingerprint density at radius 2 is 2.19 bits per heavy atom. The largest absolute Gasteiger partial charge is 0.477 e. The molecule has 7 nitrogen and oxygen atoms in total. The summed E-state index contributed by atoms with van der Waals surface area (Å²) in [5, 5.41) is 6.42. The van der Waals surface area contributed by atoms with Crippen molar-refractivity contribution in [2.24, 2.45) is 10.9 Å². The molecule has 146 valence electrons. The molecule has 2 N–H and O–H groups in total.